The molecule has 0 aromatic carbocycles. The fourth-order valence-corrected chi connectivity index (χ4v) is 2.18. The summed E-state index contributed by atoms with van der Waals surface area (Å²) in [5.74, 6) is -0.345. The Morgan fingerprint density at radius 3 is 3.21 bits per heavy atom. The second-order valence-corrected chi connectivity index (χ2v) is 4.52. The summed E-state index contributed by atoms with van der Waals surface area (Å²) in [6.07, 6.45) is 4.54. The molecule has 1 aliphatic heterocycles. The molecule has 2 nitrogen and oxygen atoms in total. The van der Waals surface area contributed by atoms with Gasteiger partial charge in [-0.15, -0.1) is 0 Å². The Bertz CT molecular complexity index is 324. The van der Waals surface area contributed by atoms with Crippen molar-refractivity contribution in [1.82, 2.24) is 10.3 Å². The largest absolute Gasteiger partial charge is 0.314 e. The van der Waals surface area contributed by atoms with Gasteiger partial charge >= 0.3 is 0 Å². The van der Waals surface area contributed by atoms with Gasteiger partial charge < -0.3 is 5.32 Å². The van der Waals surface area contributed by atoms with Crippen molar-refractivity contribution in [3.63, 3.8) is 0 Å². The topological polar surface area (TPSA) is 24.9 Å². The first-order valence-electron chi connectivity index (χ1n) is 4.79. The van der Waals surface area contributed by atoms with Gasteiger partial charge in [0.05, 0.1) is 0 Å². The lowest BCUT2D eigenvalue weighted by atomic mass is 10.1. The number of aromatic nitrogens is 1. The van der Waals surface area contributed by atoms with Gasteiger partial charge in [0.2, 0.25) is 5.95 Å². The van der Waals surface area contributed by atoms with Crippen LogP contribution in [0.5, 0.6) is 0 Å². The maximum Gasteiger partial charge on any atom is 0.216 e. The number of nitrogens with one attached hydrogen (secondary N) is 1. The average Bonchev–Trinajstić information content (AvgIpc) is 2.64. The molecular formula is C10H12BrFN2. The summed E-state index contributed by atoms with van der Waals surface area (Å²) in [6.45, 7) is 1.05. The lowest BCUT2D eigenvalue weighted by molar-refractivity contribution is 0.535. The molecule has 0 radical (unpaired) electrons. The van der Waals surface area contributed by atoms with Crippen LogP contribution in [0.1, 0.15) is 18.4 Å². The maximum absolute atomic E-state index is 13.3. The number of pyridine rings is 1. The van der Waals surface area contributed by atoms with Crippen LogP contribution in [-0.2, 0) is 6.42 Å². The molecule has 1 N–H and O–H groups in total. The lowest BCUT2D eigenvalue weighted by Crippen LogP contribution is -2.24. The van der Waals surface area contributed by atoms with Gasteiger partial charge in [-0.1, -0.05) is 0 Å². The third kappa shape index (κ3) is 2.30. The second kappa shape index (κ2) is 4.36. The van der Waals surface area contributed by atoms with E-state index in [4.69, 9.17) is 0 Å². The van der Waals surface area contributed by atoms with Crippen LogP contribution in [0.2, 0.25) is 0 Å². The molecule has 1 fully saturated rings. The van der Waals surface area contributed by atoms with Crippen molar-refractivity contribution in [3.8, 4) is 0 Å². The Morgan fingerprint density at radius 2 is 2.50 bits per heavy atom. The van der Waals surface area contributed by atoms with E-state index in [0.29, 0.717) is 11.6 Å². The maximum atomic E-state index is 13.3. The molecule has 0 amide bonds. The van der Waals surface area contributed by atoms with Crippen LogP contribution in [0.15, 0.2) is 16.7 Å². The van der Waals surface area contributed by atoms with E-state index in [1.807, 2.05) is 6.07 Å². The molecule has 1 aliphatic rings. The highest BCUT2D eigenvalue weighted by Crippen LogP contribution is 2.17. The third-order valence-electron chi connectivity index (χ3n) is 2.51. The number of hydrogen-bond acceptors (Lipinski definition) is 2. The molecule has 4 heteroatoms. The molecule has 76 valence electrons. The number of hydrogen-bond donors (Lipinski definition) is 1. The first kappa shape index (κ1) is 10.1. The van der Waals surface area contributed by atoms with Crippen molar-refractivity contribution in [2.45, 2.75) is 25.3 Å². The van der Waals surface area contributed by atoms with Gasteiger partial charge in [-0.25, -0.2) is 4.98 Å². The second-order valence-electron chi connectivity index (χ2n) is 3.60. The average molecular weight is 259 g/mol. The zero-order valence-electron chi connectivity index (χ0n) is 7.76. The van der Waals surface area contributed by atoms with Gasteiger partial charge in [-0.2, -0.15) is 4.39 Å². The minimum Gasteiger partial charge on any atom is -0.314 e. The van der Waals surface area contributed by atoms with Gasteiger partial charge in [0.1, 0.15) is 0 Å². The van der Waals surface area contributed by atoms with Crippen molar-refractivity contribution in [2.75, 3.05) is 6.54 Å². The Kier molecular flexibility index (Phi) is 3.13. The van der Waals surface area contributed by atoms with E-state index >= 15 is 0 Å². The predicted octanol–water partition coefficient (Wildman–Crippen LogP) is 2.28. The molecule has 0 spiro atoms. The molecular weight excluding hydrogens is 247 g/mol. The molecule has 0 saturated carbocycles. The fraction of sp³-hybridized carbons (Fsp3) is 0.500. The SMILES string of the molecule is Fc1ncc(Br)cc1CC1CCCN1. The summed E-state index contributed by atoms with van der Waals surface area (Å²) in [5, 5.41) is 3.34. The molecule has 0 bridgehead atoms. The molecule has 1 atom stereocenters. The number of halogens is 2. The van der Waals surface area contributed by atoms with Crippen LogP contribution >= 0.6 is 15.9 Å². The van der Waals surface area contributed by atoms with Crippen molar-refractivity contribution in [3.05, 3.63) is 28.2 Å². The highest BCUT2D eigenvalue weighted by Gasteiger charge is 2.16. The zero-order chi connectivity index (χ0) is 9.97. The minimum atomic E-state index is -0.345. The fourth-order valence-electron chi connectivity index (χ4n) is 1.80. The Morgan fingerprint density at radius 1 is 1.64 bits per heavy atom. The monoisotopic (exact) mass is 258 g/mol. The van der Waals surface area contributed by atoms with Gasteiger partial charge in [-0.3, -0.25) is 0 Å². The molecule has 1 aromatic rings. The first-order chi connectivity index (χ1) is 6.75. The number of nitrogens with zero attached hydrogens (tertiary/aromatic N) is 1. The normalized spacial score (nSPS) is 21.4. The lowest BCUT2D eigenvalue weighted by Gasteiger charge is -2.10. The van der Waals surface area contributed by atoms with E-state index in [2.05, 4.69) is 26.2 Å². The molecule has 2 rings (SSSR count). The van der Waals surface area contributed by atoms with Crippen molar-refractivity contribution < 1.29 is 4.39 Å². The molecule has 1 unspecified atom stereocenters. The summed E-state index contributed by atoms with van der Waals surface area (Å²) < 4.78 is 14.1. The van der Waals surface area contributed by atoms with Gasteiger partial charge in [-0.05, 0) is 47.8 Å². The zero-order valence-corrected chi connectivity index (χ0v) is 9.35. The summed E-state index contributed by atoms with van der Waals surface area (Å²) in [7, 11) is 0. The quantitative estimate of drug-likeness (QED) is 0.824. The molecule has 1 aromatic heterocycles. The van der Waals surface area contributed by atoms with E-state index in [1.54, 1.807) is 0 Å². The summed E-state index contributed by atoms with van der Waals surface area (Å²) in [4.78, 5) is 3.68. The Balaban J connectivity index is 2.10. The minimum absolute atomic E-state index is 0.345. The van der Waals surface area contributed by atoms with E-state index in [-0.39, 0.29) is 5.95 Å². The van der Waals surface area contributed by atoms with Crippen LogP contribution < -0.4 is 5.32 Å². The standard InChI is InChI=1S/C10H12BrFN2/c11-8-4-7(10(12)14-6-8)5-9-2-1-3-13-9/h4,6,9,13H,1-3,5H2. The van der Waals surface area contributed by atoms with Crippen molar-refractivity contribution >= 4 is 15.9 Å². The first-order valence-corrected chi connectivity index (χ1v) is 5.58. The summed E-state index contributed by atoms with van der Waals surface area (Å²) >= 11 is 3.30. The third-order valence-corrected chi connectivity index (χ3v) is 2.94. The van der Waals surface area contributed by atoms with E-state index < -0.39 is 0 Å². The van der Waals surface area contributed by atoms with Crippen LogP contribution in [0.3, 0.4) is 0 Å². The van der Waals surface area contributed by atoms with E-state index in [1.165, 1.54) is 12.6 Å². The predicted molar refractivity (Wildman–Crippen MR) is 56.6 cm³/mol. The van der Waals surface area contributed by atoms with Crippen LogP contribution in [0.4, 0.5) is 4.39 Å². The van der Waals surface area contributed by atoms with Gasteiger partial charge in [0.25, 0.3) is 0 Å². The van der Waals surface area contributed by atoms with Gasteiger partial charge in [0.15, 0.2) is 0 Å². The Labute approximate surface area is 91.1 Å². The van der Waals surface area contributed by atoms with Crippen LogP contribution in [0.25, 0.3) is 0 Å². The van der Waals surface area contributed by atoms with Crippen molar-refractivity contribution in [1.29, 1.82) is 0 Å². The smallest absolute Gasteiger partial charge is 0.216 e. The molecule has 1 saturated heterocycles. The Hall–Kier alpha value is -0.480. The number of rotatable bonds is 2. The highest BCUT2D eigenvalue weighted by atomic mass is 79.9. The van der Waals surface area contributed by atoms with E-state index in [9.17, 15) is 4.39 Å². The van der Waals surface area contributed by atoms with Gasteiger partial charge in [0, 0.05) is 22.3 Å². The molecule has 0 aliphatic carbocycles. The summed E-state index contributed by atoms with van der Waals surface area (Å²) in [5.41, 5.74) is 0.693. The van der Waals surface area contributed by atoms with Crippen LogP contribution in [0, 0.1) is 5.95 Å². The van der Waals surface area contributed by atoms with E-state index in [0.717, 1.165) is 23.9 Å². The molecule has 14 heavy (non-hydrogen) atoms. The molecule has 2 heterocycles. The highest BCUT2D eigenvalue weighted by molar-refractivity contribution is 9.10. The van der Waals surface area contributed by atoms with Crippen LogP contribution in [-0.4, -0.2) is 17.6 Å². The van der Waals surface area contributed by atoms with Crippen molar-refractivity contribution in [2.24, 2.45) is 0 Å². The summed E-state index contributed by atoms with van der Waals surface area (Å²) in [6, 6.07) is 2.23.